The summed E-state index contributed by atoms with van der Waals surface area (Å²) in [6, 6.07) is 21.9. The molecular weight excluding hydrogens is 364 g/mol. The van der Waals surface area contributed by atoms with Gasteiger partial charge in [-0.1, -0.05) is 42.0 Å². The van der Waals surface area contributed by atoms with Gasteiger partial charge < -0.3 is 9.47 Å². The Morgan fingerprint density at radius 3 is 2.69 bits per heavy atom. The van der Waals surface area contributed by atoms with E-state index >= 15 is 0 Å². The first-order chi connectivity index (χ1) is 14.3. The van der Waals surface area contributed by atoms with Crippen LogP contribution >= 0.6 is 0 Å². The minimum Gasteiger partial charge on any atom is -0.454 e. The number of nitrogens with one attached hydrogen (secondary N) is 1. The maximum absolute atomic E-state index is 5.40. The van der Waals surface area contributed by atoms with Crippen LogP contribution in [0.25, 0.3) is 22.2 Å². The number of nitrogens with zero attached hydrogens (tertiary/aromatic N) is 3. The number of aryl methyl sites for hydroxylation is 1. The lowest BCUT2D eigenvalue weighted by atomic mass is 10.0. The van der Waals surface area contributed by atoms with Crippen molar-refractivity contribution >= 4 is 23.1 Å². The molecule has 0 saturated heterocycles. The fourth-order valence-corrected chi connectivity index (χ4v) is 3.27. The summed E-state index contributed by atoms with van der Waals surface area (Å²) < 4.78 is 10.7. The maximum Gasteiger partial charge on any atom is 0.244 e. The number of hydrogen-bond donors (Lipinski definition) is 1. The molecular formula is C23H18N4O2. The van der Waals surface area contributed by atoms with Crippen molar-refractivity contribution in [2.75, 3.05) is 12.2 Å². The van der Waals surface area contributed by atoms with Crippen LogP contribution in [0.2, 0.25) is 0 Å². The van der Waals surface area contributed by atoms with E-state index in [9.17, 15) is 0 Å². The molecule has 6 nitrogen and oxygen atoms in total. The molecule has 0 saturated carbocycles. The lowest BCUT2D eigenvalue weighted by Crippen LogP contribution is -2.00. The van der Waals surface area contributed by atoms with Crippen molar-refractivity contribution in [1.82, 2.24) is 9.97 Å². The molecule has 1 aromatic heterocycles. The predicted molar refractivity (Wildman–Crippen MR) is 113 cm³/mol. The summed E-state index contributed by atoms with van der Waals surface area (Å²) in [6.45, 7) is 2.32. The summed E-state index contributed by atoms with van der Waals surface area (Å²) in [5.41, 5.74) is 7.79. The van der Waals surface area contributed by atoms with Crippen molar-refractivity contribution in [3.05, 3.63) is 77.9 Å². The standard InChI is InChI=1S/C23H18N4O2/c1-15-7-9-19-18(11-15)22(17-5-3-2-4-6-17)26-23(25-19)27-24-13-16-8-10-20-21(12-16)29-14-28-20/h2-13H,14H2,1H3,(H,25,26,27)/b24-13-. The number of rotatable bonds is 4. The van der Waals surface area contributed by atoms with Crippen molar-refractivity contribution < 1.29 is 9.47 Å². The van der Waals surface area contributed by atoms with Crippen LogP contribution in [0, 0.1) is 6.92 Å². The van der Waals surface area contributed by atoms with Gasteiger partial charge in [-0.3, -0.25) is 0 Å². The second-order valence-electron chi connectivity index (χ2n) is 6.77. The first kappa shape index (κ1) is 17.2. The van der Waals surface area contributed by atoms with Gasteiger partial charge in [0, 0.05) is 10.9 Å². The van der Waals surface area contributed by atoms with Crippen molar-refractivity contribution in [2.45, 2.75) is 6.92 Å². The van der Waals surface area contributed by atoms with Gasteiger partial charge in [0.05, 0.1) is 17.4 Å². The van der Waals surface area contributed by atoms with Crippen LogP contribution in [-0.4, -0.2) is 23.0 Å². The Kier molecular flexibility index (Phi) is 4.29. The molecule has 29 heavy (non-hydrogen) atoms. The molecule has 1 aliphatic heterocycles. The van der Waals surface area contributed by atoms with Gasteiger partial charge in [-0.15, -0.1) is 0 Å². The quantitative estimate of drug-likeness (QED) is 0.406. The van der Waals surface area contributed by atoms with E-state index < -0.39 is 0 Å². The van der Waals surface area contributed by atoms with Gasteiger partial charge in [0.2, 0.25) is 12.7 Å². The monoisotopic (exact) mass is 382 g/mol. The Bertz CT molecular complexity index is 1220. The minimum absolute atomic E-state index is 0.251. The summed E-state index contributed by atoms with van der Waals surface area (Å²) in [5, 5.41) is 5.32. The van der Waals surface area contributed by atoms with Gasteiger partial charge in [-0.2, -0.15) is 5.10 Å². The van der Waals surface area contributed by atoms with Gasteiger partial charge in [0.1, 0.15) is 0 Å². The molecule has 1 N–H and O–H groups in total. The average molecular weight is 382 g/mol. The molecule has 0 radical (unpaired) electrons. The highest BCUT2D eigenvalue weighted by molar-refractivity contribution is 5.93. The molecule has 1 aliphatic rings. The Balaban J connectivity index is 1.48. The Morgan fingerprint density at radius 2 is 1.79 bits per heavy atom. The van der Waals surface area contributed by atoms with Crippen LogP contribution in [0.4, 0.5) is 5.95 Å². The zero-order valence-corrected chi connectivity index (χ0v) is 15.8. The second-order valence-corrected chi connectivity index (χ2v) is 6.77. The Morgan fingerprint density at radius 1 is 0.931 bits per heavy atom. The van der Waals surface area contributed by atoms with Crippen LogP contribution in [-0.2, 0) is 0 Å². The minimum atomic E-state index is 0.251. The highest BCUT2D eigenvalue weighted by atomic mass is 16.7. The summed E-state index contributed by atoms with van der Waals surface area (Å²) in [7, 11) is 0. The molecule has 2 heterocycles. The second kappa shape index (κ2) is 7.24. The highest BCUT2D eigenvalue weighted by Gasteiger charge is 2.13. The summed E-state index contributed by atoms with van der Waals surface area (Å²) >= 11 is 0. The molecule has 0 bridgehead atoms. The lowest BCUT2D eigenvalue weighted by molar-refractivity contribution is 0.174. The SMILES string of the molecule is Cc1ccc2nc(N/N=C\c3ccc4c(c3)OCO4)nc(-c3ccccc3)c2c1. The molecule has 6 heteroatoms. The van der Waals surface area contributed by atoms with Crippen molar-refractivity contribution in [2.24, 2.45) is 5.10 Å². The summed E-state index contributed by atoms with van der Waals surface area (Å²) in [6.07, 6.45) is 1.70. The van der Waals surface area contributed by atoms with E-state index in [2.05, 4.69) is 28.5 Å². The van der Waals surface area contributed by atoms with Crippen LogP contribution in [0.3, 0.4) is 0 Å². The van der Waals surface area contributed by atoms with Gasteiger partial charge in [-0.25, -0.2) is 15.4 Å². The number of ether oxygens (including phenoxy) is 2. The van der Waals surface area contributed by atoms with Crippen LogP contribution in [0.5, 0.6) is 11.5 Å². The fourth-order valence-electron chi connectivity index (χ4n) is 3.27. The molecule has 0 aliphatic carbocycles. The molecule has 0 amide bonds. The van der Waals surface area contributed by atoms with Gasteiger partial charge >= 0.3 is 0 Å². The fraction of sp³-hybridized carbons (Fsp3) is 0.0870. The van der Waals surface area contributed by atoms with Crippen molar-refractivity contribution in [1.29, 1.82) is 0 Å². The number of hydrogen-bond acceptors (Lipinski definition) is 6. The van der Waals surface area contributed by atoms with Gasteiger partial charge in [0.15, 0.2) is 11.5 Å². The zero-order valence-electron chi connectivity index (χ0n) is 15.8. The van der Waals surface area contributed by atoms with E-state index in [4.69, 9.17) is 14.5 Å². The number of anilines is 1. The first-order valence-electron chi connectivity index (χ1n) is 9.29. The molecule has 0 fully saturated rings. The molecule has 142 valence electrons. The Labute approximate surface area is 167 Å². The van der Waals surface area contributed by atoms with Crippen LogP contribution in [0.1, 0.15) is 11.1 Å². The van der Waals surface area contributed by atoms with Crippen molar-refractivity contribution in [3.8, 4) is 22.8 Å². The van der Waals surface area contributed by atoms with E-state index in [0.717, 1.165) is 39.2 Å². The number of benzene rings is 3. The van der Waals surface area contributed by atoms with E-state index in [1.54, 1.807) is 6.21 Å². The van der Waals surface area contributed by atoms with Crippen LogP contribution < -0.4 is 14.9 Å². The molecule has 0 atom stereocenters. The number of hydrazone groups is 1. The van der Waals surface area contributed by atoms with E-state index in [0.29, 0.717) is 5.95 Å². The van der Waals surface area contributed by atoms with Crippen molar-refractivity contribution in [3.63, 3.8) is 0 Å². The van der Waals surface area contributed by atoms with Gasteiger partial charge in [-0.05, 0) is 42.8 Å². The van der Waals surface area contributed by atoms with Crippen LogP contribution in [0.15, 0.2) is 71.8 Å². The average Bonchev–Trinajstić information content (AvgIpc) is 3.22. The molecule has 0 spiro atoms. The third-order valence-corrected chi connectivity index (χ3v) is 4.67. The molecule has 5 rings (SSSR count). The molecule has 4 aromatic rings. The highest BCUT2D eigenvalue weighted by Crippen LogP contribution is 2.32. The number of aromatic nitrogens is 2. The van der Waals surface area contributed by atoms with E-state index in [1.807, 2.05) is 60.7 Å². The smallest absolute Gasteiger partial charge is 0.244 e. The zero-order chi connectivity index (χ0) is 19.6. The predicted octanol–water partition coefficient (Wildman–Crippen LogP) is 4.78. The number of fused-ring (bicyclic) bond motifs is 2. The third-order valence-electron chi connectivity index (χ3n) is 4.67. The first-order valence-corrected chi connectivity index (χ1v) is 9.29. The van der Waals surface area contributed by atoms with E-state index in [-0.39, 0.29) is 6.79 Å². The van der Waals surface area contributed by atoms with Gasteiger partial charge in [0.25, 0.3) is 0 Å². The normalized spacial score (nSPS) is 12.6. The maximum atomic E-state index is 5.40. The largest absolute Gasteiger partial charge is 0.454 e. The third kappa shape index (κ3) is 3.48. The Hall–Kier alpha value is -3.93. The lowest BCUT2D eigenvalue weighted by Gasteiger charge is -2.09. The topological polar surface area (TPSA) is 68.6 Å². The summed E-state index contributed by atoms with van der Waals surface area (Å²) in [4.78, 5) is 9.33. The molecule has 3 aromatic carbocycles. The van der Waals surface area contributed by atoms with E-state index in [1.165, 1.54) is 5.56 Å². The molecule has 0 unspecified atom stereocenters. The summed E-state index contributed by atoms with van der Waals surface area (Å²) in [5.74, 6) is 1.91.